The first-order chi connectivity index (χ1) is 8.63. The molecule has 1 rings (SSSR count). The second kappa shape index (κ2) is 7.24. The first kappa shape index (κ1) is 13.9. The molecule has 0 aromatic heterocycles. The maximum atomic E-state index is 11.4. The van der Waals surface area contributed by atoms with Gasteiger partial charge in [0.25, 0.3) is 0 Å². The number of carbonyl (C=O) groups excluding carboxylic acids is 1. The third kappa shape index (κ3) is 4.80. The normalized spacial score (nSPS) is 12.3. The van der Waals surface area contributed by atoms with Crippen LogP contribution >= 0.6 is 0 Å². The van der Waals surface area contributed by atoms with Crippen molar-refractivity contribution >= 4 is 18.0 Å². The van der Waals surface area contributed by atoms with Gasteiger partial charge in [0.2, 0.25) is 5.91 Å². The highest BCUT2D eigenvalue weighted by atomic mass is 16.5. The number of carboxylic acids is 1. The maximum Gasteiger partial charge on any atom is 0.334 e. The van der Waals surface area contributed by atoms with Crippen molar-refractivity contribution in [2.45, 2.75) is 6.10 Å². The molecule has 0 heterocycles. The van der Waals surface area contributed by atoms with Crippen LogP contribution in [0.4, 0.5) is 0 Å². The number of carbonyl (C=O) groups is 2. The van der Waals surface area contributed by atoms with E-state index in [2.05, 4.69) is 10.1 Å². The number of ether oxygens (including phenoxy) is 1. The fourth-order valence-electron chi connectivity index (χ4n) is 1.26. The number of aliphatic carboxylic acids is 1. The Kier molecular flexibility index (Phi) is 5.60. The van der Waals surface area contributed by atoms with Crippen molar-refractivity contribution in [3.63, 3.8) is 0 Å². The first-order valence-electron chi connectivity index (χ1n) is 5.40. The number of methoxy groups -OCH3 is 1. The molecule has 5 heteroatoms. The van der Waals surface area contributed by atoms with Crippen molar-refractivity contribution in [3.8, 4) is 0 Å². The van der Waals surface area contributed by atoms with Crippen LogP contribution in [0, 0.1) is 0 Å². The molecule has 1 amide bonds. The van der Waals surface area contributed by atoms with E-state index in [0.717, 1.165) is 5.56 Å². The molecule has 0 fully saturated rings. The van der Waals surface area contributed by atoms with Crippen molar-refractivity contribution in [3.05, 3.63) is 42.0 Å². The molecule has 1 unspecified atom stereocenters. The van der Waals surface area contributed by atoms with Crippen LogP contribution in [-0.2, 0) is 14.3 Å². The van der Waals surface area contributed by atoms with E-state index in [9.17, 15) is 9.59 Å². The van der Waals surface area contributed by atoms with Crippen LogP contribution in [0.1, 0.15) is 5.56 Å². The van der Waals surface area contributed by atoms with Gasteiger partial charge in [-0.2, -0.15) is 0 Å². The molecule has 1 aromatic rings. The van der Waals surface area contributed by atoms with Crippen molar-refractivity contribution in [1.82, 2.24) is 5.32 Å². The molecule has 96 valence electrons. The molecule has 0 bridgehead atoms. The summed E-state index contributed by atoms with van der Waals surface area (Å²) in [5.41, 5.74) is 0.897. The van der Waals surface area contributed by atoms with E-state index in [0.29, 0.717) is 0 Å². The predicted octanol–water partition coefficient (Wildman–Crippen LogP) is 0.916. The van der Waals surface area contributed by atoms with Crippen LogP contribution in [0.3, 0.4) is 0 Å². The minimum absolute atomic E-state index is 0.0657. The highest BCUT2D eigenvalue weighted by Gasteiger charge is 2.16. The molecular weight excluding hydrogens is 234 g/mol. The second-order valence-electron chi connectivity index (χ2n) is 3.55. The molecule has 1 atom stereocenters. The topological polar surface area (TPSA) is 75.6 Å². The van der Waals surface area contributed by atoms with E-state index in [4.69, 9.17) is 5.11 Å². The molecule has 0 spiro atoms. The Balaban J connectivity index is 2.43. The van der Waals surface area contributed by atoms with Crippen LogP contribution in [0.15, 0.2) is 36.4 Å². The quantitative estimate of drug-likeness (QED) is 0.735. The van der Waals surface area contributed by atoms with Gasteiger partial charge in [-0.25, -0.2) is 4.79 Å². The SMILES string of the molecule is COC(CNC(=O)/C=C/c1ccccc1)C(=O)O. The molecule has 18 heavy (non-hydrogen) atoms. The minimum atomic E-state index is -1.11. The molecular formula is C13H15NO4. The summed E-state index contributed by atoms with van der Waals surface area (Å²) in [6.07, 6.45) is 1.97. The van der Waals surface area contributed by atoms with Gasteiger partial charge in [-0.1, -0.05) is 30.3 Å². The van der Waals surface area contributed by atoms with Gasteiger partial charge in [-0.05, 0) is 11.6 Å². The largest absolute Gasteiger partial charge is 0.479 e. The Bertz CT molecular complexity index is 428. The number of carboxylic acid groups (broad SMARTS) is 1. The van der Waals surface area contributed by atoms with Gasteiger partial charge in [0.05, 0.1) is 6.54 Å². The Morgan fingerprint density at radius 2 is 2.06 bits per heavy atom. The zero-order chi connectivity index (χ0) is 13.4. The average molecular weight is 249 g/mol. The molecule has 0 saturated carbocycles. The van der Waals surface area contributed by atoms with Gasteiger partial charge in [0, 0.05) is 13.2 Å². The highest BCUT2D eigenvalue weighted by molar-refractivity contribution is 5.92. The van der Waals surface area contributed by atoms with Crippen molar-refractivity contribution < 1.29 is 19.4 Å². The third-order valence-corrected chi connectivity index (χ3v) is 2.25. The number of hydrogen-bond acceptors (Lipinski definition) is 3. The molecule has 0 aliphatic heterocycles. The van der Waals surface area contributed by atoms with Gasteiger partial charge < -0.3 is 15.2 Å². The van der Waals surface area contributed by atoms with E-state index < -0.39 is 12.1 Å². The molecule has 0 aliphatic rings. The van der Waals surface area contributed by atoms with E-state index in [-0.39, 0.29) is 12.5 Å². The number of rotatable bonds is 6. The number of nitrogens with one attached hydrogen (secondary N) is 1. The first-order valence-corrected chi connectivity index (χ1v) is 5.40. The Hall–Kier alpha value is -2.14. The zero-order valence-electron chi connectivity index (χ0n) is 10.00. The average Bonchev–Trinajstić information content (AvgIpc) is 2.38. The summed E-state index contributed by atoms with van der Waals surface area (Å²) in [5, 5.41) is 11.2. The lowest BCUT2D eigenvalue weighted by Gasteiger charge is -2.09. The van der Waals surface area contributed by atoms with Gasteiger partial charge in [0.15, 0.2) is 6.10 Å². The lowest BCUT2D eigenvalue weighted by atomic mass is 10.2. The number of benzene rings is 1. The van der Waals surface area contributed by atoms with Crippen molar-refractivity contribution in [2.24, 2.45) is 0 Å². The van der Waals surface area contributed by atoms with E-state index >= 15 is 0 Å². The maximum absolute atomic E-state index is 11.4. The minimum Gasteiger partial charge on any atom is -0.479 e. The van der Waals surface area contributed by atoms with E-state index in [1.54, 1.807) is 6.08 Å². The Morgan fingerprint density at radius 1 is 1.39 bits per heavy atom. The van der Waals surface area contributed by atoms with Gasteiger partial charge >= 0.3 is 5.97 Å². The molecule has 0 radical (unpaired) electrons. The van der Waals surface area contributed by atoms with Crippen LogP contribution in [-0.4, -0.2) is 36.7 Å². The van der Waals surface area contributed by atoms with Crippen molar-refractivity contribution in [1.29, 1.82) is 0 Å². The van der Waals surface area contributed by atoms with E-state index in [1.807, 2.05) is 30.3 Å². The van der Waals surface area contributed by atoms with Crippen molar-refractivity contribution in [2.75, 3.05) is 13.7 Å². The molecule has 2 N–H and O–H groups in total. The lowest BCUT2D eigenvalue weighted by molar-refractivity contribution is -0.148. The van der Waals surface area contributed by atoms with Crippen LogP contribution < -0.4 is 5.32 Å². The summed E-state index contributed by atoms with van der Waals surface area (Å²) in [5.74, 6) is -1.47. The number of amides is 1. The summed E-state index contributed by atoms with van der Waals surface area (Å²) < 4.78 is 4.69. The summed E-state index contributed by atoms with van der Waals surface area (Å²) in [7, 11) is 1.28. The van der Waals surface area contributed by atoms with Crippen LogP contribution in [0.25, 0.3) is 6.08 Å². The fourth-order valence-corrected chi connectivity index (χ4v) is 1.26. The van der Waals surface area contributed by atoms with Crippen LogP contribution in [0.2, 0.25) is 0 Å². The summed E-state index contributed by atoms with van der Waals surface area (Å²) in [4.78, 5) is 22.0. The summed E-state index contributed by atoms with van der Waals surface area (Å²) >= 11 is 0. The smallest absolute Gasteiger partial charge is 0.334 e. The van der Waals surface area contributed by atoms with Gasteiger partial charge in [-0.15, -0.1) is 0 Å². The molecule has 5 nitrogen and oxygen atoms in total. The molecule has 1 aromatic carbocycles. The Morgan fingerprint density at radius 3 is 2.61 bits per heavy atom. The van der Waals surface area contributed by atoms with Gasteiger partial charge in [0.1, 0.15) is 0 Å². The number of hydrogen-bond donors (Lipinski definition) is 2. The van der Waals surface area contributed by atoms with Gasteiger partial charge in [-0.3, -0.25) is 4.79 Å². The second-order valence-corrected chi connectivity index (χ2v) is 3.55. The molecule has 0 saturated heterocycles. The fraction of sp³-hybridized carbons (Fsp3) is 0.231. The monoisotopic (exact) mass is 249 g/mol. The summed E-state index contributed by atoms with van der Waals surface area (Å²) in [6.45, 7) is -0.0657. The van der Waals surface area contributed by atoms with Crippen LogP contribution in [0.5, 0.6) is 0 Å². The third-order valence-electron chi connectivity index (χ3n) is 2.25. The predicted molar refractivity (Wildman–Crippen MR) is 66.9 cm³/mol. The summed E-state index contributed by atoms with van der Waals surface area (Å²) in [6, 6.07) is 9.33. The van der Waals surface area contributed by atoms with E-state index in [1.165, 1.54) is 13.2 Å². The molecule has 0 aliphatic carbocycles. The Labute approximate surface area is 105 Å². The standard InChI is InChI=1S/C13H15NO4/c1-18-11(13(16)17)9-14-12(15)8-7-10-5-3-2-4-6-10/h2-8,11H,9H2,1H3,(H,14,15)(H,16,17)/b8-7+. The zero-order valence-corrected chi connectivity index (χ0v) is 10.00. The highest BCUT2D eigenvalue weighted by Crippen LogP contribution is 2.00. The lowest BCUT2D eigenvalue weighted by Crippen LogP contribution is -2.37.